The zero-order valence-electron chi connectivity index (χ0n) is 9.70. The Balaban J connectivity index is 1.91. The van der Waals surface area contributed by atoms with E-state index in [4.69, 9.17) is 11.6 Å². The molecule has 2 nitrogen and oxygen atoms in total. The second-order valence-electron chi connectivity index (χ2n) is 5.05. The summed E-state index contributed by atoms with van der Waals surface area (Å²) >= 11 is 9.55. The molecule has 0 amide bonds. The summed E-state index contributed by atoms with van der Waals surface area (Å²) in [4.78, 5) is 7.00. The minimum Gasteiger partial charge on any atom is -0.352 e. The van der Waals surface area contributed by atoms with E-state index in [9.17, 15) is 0 Å². The number of rotatable bonds is 1. The minimum atomic E-state index is 0.695. The zero-order valence-corrected chi connectivity index (χ0v) is 12.0. The fraction of sp³-hybridized carbons (Fsp3) is 0.615. The van der Waals surface area contributed by atoms with Crippen LogP contribution < -0.4 is 4.90 Å². The van der Waals surface area contributed by atoms with Crippen molar-refractivity contribution >= 4 is 33.3 Å². The third-order valence-corrected chi connectivity index (χ3v) is 4.84. The summed E-state index contributed by atoms with van der Waals surface area (Å²) in [5.74, 6) is 1.96. The van der Waals surface area contributed by atoms with Crippen LogP contribution in [0.15, 0.2) is 16.7 Å². The molecular weight excluding hydrogens is 300 g/mol. The van der Waals surface area contributed by atoms with Crippen LogP contribution in [-0.2, 0) is 0 Å². The summed E-state index contributed by atoms with van der Waals surface area (Å²) in [6, 6.07) is 2.65. The van der Waals surface area contributed by atoms with Gasteiger partial charge in [-0.05, 0) is 53.6 Å². The van der Waals surface area contributed by atoms with Gasteiger partial charge in [0.2, 0.25) is 0 Å². The predicted molar refractivity (Wildman–Crippen MR) is 74.7 cm³/mol. The molecule has 1 aromatic rings. The molecule has 17 heavy (non-hydrogen) atoms. The smallest absolute Gasteiger partial charge is 0.143 e. The van der Waals surface area contributed by atoms with Crippen LogP contribution in [0.2, 0.25) is 5.02 Å². The number of nitrogens with zero attached hydrogens (tertiary/aromatic N) is 2. The Morgan fingerprint density at radius 3 is 2.94 bits per heavy atom. The summed E-state index contributed by atoms with van der Waals surface area (Å²) in [5.41, 5.74) is 0. The SMILES string of the molecule is Clc1cnc(N2CCCC3CCCC32)c(Br)c1. The number of pyridine rings is 1. The van der Waals surface area contributed by atoms with Gasteiger partial charge in [0.1, 0.15) is 5.82 Å². The van der Waals surface area contributed by atoms with E-state index in [2.05, 4.69) is 25.8 Å². The van der Waals surface area contributed by atoms with Gasteiger partial charge in [0.05, 0.1) is 9.50 Å². The van der Waals surface area contributed by atoms with Crippen molar-refractivity contribution in [2.45, 2.75) is 38.1 Å². The summed E-state index contributed by atoms with van der Waals surface area (Å²) in [7, 11) is 0. The van der Waals surface area contributed by atoms with Crippen LogP contribution in [0.3, 0.4) is 0 Å². The third kappa shape index (κ3) is 2.19. The summed E-state index contributed by atoms with van der Waals surface area (Å²) in [5, 5.41) is 0.695. The minimum absolute atomic E-state index is 0.695. The number of piperidine rings is 1. The van der Waals surface area contributed by atoms with Crippen LogP contribution in [-0.4, -0.2) is 17.6 Å². The van der Waals surface area contributed by atoms with Crippen molar-refractivity contribution in [1.29, 1.82) is 0 Å². The maximum absolute atomic E-state index is 5.96. The monoisotopic (exact) mass is 314 g/mol. The molecule has 1 saturated heterocycles. The average Bonchev–Trinajstić information content (AvgIpc) is 2.77. The van der Waals surface area contributed by atoms with Crippen molar-refractivity contribution in [3.8, 4) is 0 Å². The van der Waals surface area contributed by atoms with Crippen LogP contribution in [0.25, 0.3) is 0 Å². The molecule has 0 aromatic carbocycles. The first-order valence-electron chi connectivity index (χ1n) is 6.33. The number of hydrogen-bond acceptors (Lipinski definition) is 2. The zero-order chi connectivity index (χ0) is 11.8. The molecule has 1 saturated carbocycles. The van der Waals surface area contributed by atoms with Gasteiger partial charge >= 0.3 is 0 Å². The summed E-state index contributed by atoms with van der Waals surface area (Å²) < 4.78 is 1.03. The molecule has 0 spiro atoms. The number of halogens is 2. The van der Waals surface area contributed by atoms with Gasteiger partial charge in [0.15, 0.2) is 0 Å². The van der Waals surface area contributed by atoms with Crippen molar-refractivity contribution in [3.05, 3.63) is 21.8 Å². The van der Waals surface area contributed by atoms with E-state index in [0.29, 0.717) is 11.1 Å². The number of aromatic nitrogens is 1. The summed E-state index contributed by atoms with van der Waals surface area (Å²) in [6.07, 6.45) is 8.52. The highest BCUT2D eigenvalue weighted by molar-refractivity contribution is 9.10. The van der Waals surface area contributed by atoms with Crippen LogP contribution in [0.5, 0.6) is 0 Å². The lowest BCUT2D eigenvalue weighted by Crippen LogP contribution is -2.43. The van der Waals surface area contributed by atoms with Gasteiger partial charge in [-0.15, -0.1) is 0 Å². The standard InChI is InChI=1S/C13H16BrClN2/c14-11-7-10(15)8-16-13(11)17-6-2-4-9-3-1-5-12(9)17/h7-9,12H,1-6H2. The Bertz CT molecular complexity index is 424. The molecule has 2 aliphatic rings. The predicted octanol–water partition coefficient (Wildman–Crippen LogP) is 4.27. The van der Waals surface area contributed by atoms with E-state index in [1.807, 2.05) is 6.07 Å². The second-order valence-corrected chi connectivity index (χ2v) is 6.34. The van der Waals surface area contributed by atoms with Gasteiger partial charge in [-0.2, -0.15) is 0 Å². The van der Waals surface area contributed by atoms with E-state index >= 15 is 0 Å². The maximum Gasteiger partial charge on any atom is 0.143 e. The Labute approximate surface area is 115 Å². The first-order valence-corrected chi connectivity index (χ1v) is 7.50. The molecule has 0 N–H and O–H groups in total. The first kappa shape index (κ1) is 11.8. The van der Waals surface area contributed by atoms with Crippen molar-refractivity contribution in [1.82, 2.24) is 4.98 Å². The van der Waals surface area contributed by atoms with E-state index in [0.717, 1.165) is 22.8 Å². The average molecular weight is 316 g/mol. The first-order chi connectivity index (χ1) is 8.25. The number of anilines is 1. The van der Waals surface area contributed by atoms with E-state index in [-0.39, 0.29) is 0 Å². The Kier molecular flexibility index (Phi) is 3.31. The quantitative estimate of drug-likeness (QED) is 0.769. The van der Waals surface area contributed by atoms with Crippen LogP contribution in [0.1, 0.15) is 32.1 Å². The topological polar surface area (TPSA) is 16.1 Å². The molecule has 1 aliphatic heterocycles. The summed E-state index contributed by atoms with van der Waals surface area (Å²) in [6.45, 7) is 1.13. The van der Waals surface area contributed by atoms with Gasteiger partial charge in [-0.1, -0.05) is 18.0 Å². The molecule has 2 fully saturated rings. The molecular formula is C13H16BrClN2. The molecule has 2 heterocycles. The molecule has 3 rings (SSSR count). The van der Waals surface area contributed by atoms with Crippen LogP contribution in [0.4, 0.5) is 5.82 Å². The maximum atomic E-state index is 5.96. The lowest BCUT2D eigenvalue weighted by molar-refractivity contribution is 0.360. The van der Waals surface area contributed by atoms with Crippen molar-refractivity contribution in [2.75, 3.05) is 11.4 Å². The van der Waals surface area contributed by atoms with Gasteiger partial charge in [-0.25, -0.2) is 4.98 Å². The highest BCUT2D eigenvalue weighted by Gasteiger charge is 2.36. The van der Waals surface area contributed by atoms with Crippen LogP contribution >= 0.6 is 27.5 Å². The van der Waals surface area contributed by atoms with E-state index < -0.39 is 0 Å². The Morgan fingerprint density at radius 2 is 2.12 bits per heavy atom. The third-order valence-electron chi connectivity index (χ3n) is 4.05. The lowest BCUT2D eigenvalue weighted by atomic mass is 9.92. The molecule has 2 unspecified atom stereocenters. The van der Waals surface area contributed by atoms with Gasteiger partial charge in [-0.3, -0.25) is 0 Å². The molecule has 0 radical (unpaired) electrons. The largest absolute Gasteiger partial charge is 0.352 e. The number of hydrogen-bond donors (Lipinski definition) is 0. The van der Waals surface area contributed by atoms with Crippen molar-refractivity contribution in [2.24, 2.45) is 5.92 Å². The normalized spacial score (nSPS) is 28.2. The lowest BCUT2D eigenvalue weighted by Gasteiger charge is -2.39. The van der Waals surface area contributed by atoms with Gasteiger partial charge < -0.3 is 4.90 Å². The van der Waals surface area contributed by atoms with Crippen molar-refractivity contribution in [3.63, 3.8) is 0 Å². The number of fused-ring (bicyclic) bond motifs is 1. The fourth-order valence-electron chi connectivity index (χ4n) is 3.34. The molecule has 2 atom stereocenters. The van der Waals surface area contributed by atoms with Gasteiger partial charge in [0, 0.05) is 18.8 Å². The Hall–Kier alpha value is -0.280. The molecule has 4 heteroatoms. The Morgan fingerprint density at radius 1 is 1.29 bits per heavy atom. The van der Waals surface area contributed by atoms with E-state index in [1.165, 1.54) is 32.1 Å². The fourth-order valence-corrected chi connectivity index (χ4v) is 4.20. The highest BCUT2D eigenvalue weighted by Crippen LogP contribution is 2.40. The van der Waals surface area contributed by atoms with Crippen LogP contribution in [0, 0.1) is 5.92 Å². The molecule has 0 bridgehead atoms. The molecule has 1 aromatic heterocycles. The molecule has 92 valence electrons. The highest BCUT2D eigenvalue weighted by atomic mass is 79.9. The second kappa shape index (κ2) is 4.77. The van der Waals surface area contributed by atoms with Crippen molar-refractivity contribution < 1.29 is 0 Å². The van der Waals surface area contributed by atoms with E-state index in [1.54, 1.807) is 6.20 Å². The van der Waals surface area contributed by atoms with Gasteiger partial charge in [0.25, 0.3) is 0 Å². The molecule has 1 aliphatic carbocycles.